The second-order valence-electron chi connectivity index (χ2n) is 4.82. The molecule has 0 bridgehead atoms. The Morgan fingerprint density at radius 1 is 1.36 bits per heavy atom. The molecule has 0 saturated heterocycles. The molecule has 0 radical (unpaired) electrons. The van der Waals surface area contributed by atoms with Crippen molar-refractivity contribution in [1.82, 2.24) is 4.31 Å². The molecule has 0 N–H and O–H groups in total. The van der Waals surface area contributed by atoms with Crippen molar-refractivity contribution in [3.05, 3.63) is 47.9 Å². The maximum Gasteiger partial charge on any atom is 0.305 e. The van der Waals surface area contributed by atoms with Gasteiger partial charge in [-0.3, -0.25) is 4.79 Å². The molecule has 1 unspecified atom stereocenters. The van der Waals surface area contributed by atoms with Crippen molar-refractivity contribution in [2.24, 2.45) is 0 Å². The topological polar surface area (TPSA) is 63.7 Å². The number of carbonyl (C=O) groups is 1. The van der Waals surface area contributed by atoms with E-state index in [1.54, 1.807) is 6.92 Å². The minimum Gasteiger partial charge on any atom is -0.466 e. The number of nitrogens with zero attached hydrogens (tertiary/aromatic N) is 1. The van der Waals surface area contributed by atoms with E-state index in [1.165, 1.54) is 4.31 Å². The highest BCUT2D eigenvalue weighted by atomic mass is 32.2. The highest BCUT2D eigenvalue weighted by Crippen LogP contribution is 2.24. The van der Waals surface area contributed by atoms with E-state index >= 15 is 0 Å². The second kappa shape index (κ2) is 8.70. The molecule has 1 aromatic carbocycles. The molecule has 22 heavy (non-hydrogen) atoms. The van der Waals surface area contributed by atoms with Gasteiger partial charge in [0.2, 0.25) is 10.0 Å². The van der Waals surface area contributed by atoms with Gasteiger partial charge in [0, 0.05) is 24.4 Å². The van der Waals surface area contributed by atoms with Crippen molar-refractivity contribution >= 4 is 16.0 Å². The van der Waals surface area contributed by atoms with E-state index in [0.717, 1.165) is 11.0 Å². The summed E-state index contributed by atoms with van der Waals surface area (Å²) in [6, 6.07) is 9.03. The summed E-state index contributed by atoms with van der Waals surface area (Å²) < 4.78 is 30.6. The molecular formula is C16H23NO4S. The van der Waals surface area contributed by atoms with Gasteiger partial charge >= 0.3 is 5.97 Å². The number of sulfonamides is 1. The average molecular weight is 325 g/mol. The van der Waals surface area contributed by atoms with Crippen LogP contribution < -0.4 is 0 Å². The smallest absolute Gasteiger partial charge is 0.305 e. The Hall–Kier alpha value is -1.66. The van der Waals surface area contributed by atoms with Crippen LogP contribution in [0.4, 0.5) is 0 Å². The Morgan fingerprint density at radius 3 is 2.55 bits per heavy atom. The summed E-state index contributed by atoms with van der Waals surface area (Å²) in [7, 11) is -3.57. The number of esters is 1. The van der Waals surface area contributed by atoms with Crippen LogP contribution in [0.2, 0.25) is 0 Å². The van der Waals surface area contributed by atoms with E-state index in [0.29, 0.717) is 13.0 Å². The highest BCUT2D eigenvalue weighted by molar-refractivity contribution is 7.92. The van der Waals surface area contributed by atoms with Gasteiger partial charge in [0.1, 0.15) is 0 Å². The lowest BCUT2D eigenvalue weighted by Gasteiger charge is -2.27. The van der Waals surface area contributed by atoms with Crippen LogP contribution in [-0.4, -0.2) is 31.8 Å². The number of rotatable bonds is 9. The van der Waals surface area contributed by atoms with E-state index in [-0.39, 0.29) is 25.0 Å². The summed E-state index contributed by atoms with van der Waals surface area (Å²) in [5, 5.41) is 0.941. The van der Waals surface area contributed by atoms with E-state index < -0.39 is 10.0 Å². The van der Waals surface area contributed by atoms with Crippen LogP contribution in [0.1, 0.15) is 38.3 Å². The van der Waals surface area contributed by atoms with Crippen LogP contribution >= 0.6 is 0 Å². The van der Waals surface area contributed by atoms with Crippen LogP contribution in [0.3, 0.4) is 0 Å². The molecule has 0 aromatic heterocycles. The van der Waals surface area contributed by atoms with Crippen molar-refractivity contribution in [2.45, 2.75) is 32.7 Å². The van der Waals surface area contributed by atoms with E-state index in [1.807, 2.05) is 37.3 Å². The molecule has 122 valence electrons. The van der Waals surface area contributed by atoms with Crippen LogP contribution in [0.5, 0.6) is 0 Å². The Bertz CT molecular complexity index is 583. The normalized spacial score (nSPS) is 12.9. The van der Waals surface area contributed by atoms with Gasteiger partial charge in [-0.25, -0.2) is 8.42 Å². The minimum absolute atomic E-state index is 0.193. The van der Waals surface area contributed by atoms with Gasteiger partial charge in [-0.15, -0.1) is 0 Å². The predicted molar refractivity (Wildman–Crippen MR) is 86.5 cm³/mol. The van der Waals surface area contributed by atoms with Crippen molar-refractivity contribution in [2.75, 3.05) is 13.2 Å². The molecule has 0 saturated carbocycles. The van der Waals surface area contributed by atoms with Crippen molar-refractivity contribution in [3.63, 3.8) is 0 Å². The number of benzene rings is 1. The zero-order valence-electron chi connectivity index (χ0n) is 13.1. The van der Waals surface area contributed by atoms with Gasteiger partial charge in [0.05, 0.1) is 6.61 Å². The molecule has 1 rings (SSSR count). The maximum atomic E-state index is 12.2. The monoisotopic (exact) mass is 325 g/mol. The third-order valence-corrected chi connectivity index (χ3v) is 4.89. The van der Waals surface area contributed by atoms with Gasteiger partial charge in [-0.1, -0.05) is 36.9 Å². The maximum absolute atomic E-state index is 12.2. The van der Waals surface area contributed by atoms with Gasteiger partial charge in [0.15, 0.2) is 0 Å². The summed E-state index contributed by atoms with van der Waals surface area (Å²) in [5.74, 6) is -0.314. The van der Waals surface area contributed by atoms with Gasteiger partial charge in [0.25, 0.3) is 0 Å². The lowest BCUT2D eigenvalue weighted by Crippen LogP contribution is -2.33. The summed E-state index contributed by atoms with van der Waals surface area (Å²) in [5.41, 5.74) is 0.893. The third kappa shape index (κ3) is 5.27. The van der Waals surface area contributed by atoms with Crippen LogP contribution in [0.15, 0.2) is 42.3 Å². The third-order valence-electron chi connectivity index (χ3n) is 3.32. The number of hydrogen-bond acceptors (Lipinski definition) is 4. The molecule has 0 aliphatic heterocycles. The lowest BCUT2D eigenvalue weighted by molar-refractivity contribution is -0.143. The molecule has 0 aliphatic rings. The molecule has 0 aliphatic carbocycles. The molecule has 0 heterocycles. The first kappa shape index (κ1) is 18.4. The Labute approximate surface area is 132 Å². The van der Waals surface area contributed by atoms with Crippen LogP contribution in [0.25, 0.3) is 0 Å². The summed E-state index contributed by atoms with van der Waals surface area (Å²) in [6.07, 6.45) is 0.599. The van der Waals surface area contributed by atoms with Crippen molar-refractivity contribution in [1.29, 1.82) is 0 Å². The summed E-state index contributed by atoms with van der Waals surface area (Å²) in [4.78, 5) is 11.4. The molecule has 1 atom stereocenters. The van der Waals surface area contributed by atoms with Crippen molar-refractivity contribution in [3.8, 4) is 0 Å². The Morgan fingerprint density at radius 2 is 2.00 bits per heavy atom. The molecule has 5 nitrogen and oxygen atoms in total. The standard InChI is InChI=1S/C16H23NO4S/c1-4-21-16(18)12-9-13-17(22(19,20)5-2)14(3)15-10-7-6-8-11-15/h5-8,10-11,14H,2,4,9,12-13H2,1,3H3. The first-order chi connectivity index (χ1) is 10.4. The quantitative estimate of drug-likeness (QED) is 0.655. The molecule has 0 amide bonds. The first-order valence-corrected chi connectivity index (χ1v) is 8.77. The number of carbonyl (C=O) groups excluding carboxylic acids is 1. The van der Waals surface area contributed by atoms with Gasteiger partial charge in [-0.05, 0) is 25.8 Å². The number of ether oxygens (including phenoxy) is 1. The Kier molecular flexibility index (Phi) is 7.27. The Balaban J connectivity index is 2.82. The van der Waals surface area contributed by atoms with E-state index in [9.17, 15) is 13.2 Å². The average Bonchev–Trinajstić information content (AvgIpc) is 2.52. The van der Waals surface area contributed by atoms with E-state index in [4.69, 9.17) is 4.74 Å². The molecule has 0 fully saturated rings. The first-order valence-electron chi connectivity index (χ1n) is 7.27. The zero-order chi connectivity index (χ0) is 16.6. The van der Waals surface area contributed by atoms with Gasteiger partial charge < -0.3 is 4.74 Å². The zero-order valence-corrected chi connectivity index (χ0v) is 13.9. The van der Waals surface area contributed by atoms with Gasteiger partial charge in [-0.2, -0.15) is 4.31 Å². The number of hydrogen-bond donors (Lipinski definition) is 0. The van der Waals surface area contributed by atoms with E-state index in [2.05, 4.69) is 6.58 Å². The SMILES string of the molecule is C=CS(=O)(=O)N(CCCC(=O)OCC)C(C)c1ccccc1. The predicted octanol–water partition coefficient (Wildman–Crippen LogP) is 2.87. The van der Waals surface area contributed by atoms with Crippen molar-refractivity contribution < 1.29 is 17.9 Å². The fourth-order valence-corrected chi connectivity index (χ4v) is 3.28. The molecular weight excluding hydrogens is 302 g/mol. The minimum atomic E-state index is -3.57. The van der Waals surface area contributed by atoms with Crippen LogP contribution in [0, 0.1) is 0 Å². The lowest BCUT2D eigenvalue weighted by atomic mass is 10.1. The summed E-state index contributed by atoms with van der Waals surface area (Å²) in [6.45, 7) is 7.51. The second-order valence-corrected chi connectivity index (χ2v) is 6.65. The summed E-state index contributed by atoms with van der Waals surface area (Å²) >= 11 is 0. The highest BCUT2D eigenvalue weighted by Gasteiger charge is 2.25. The fourth-order valence-electron chi connectivity index (χ4n) is 2.15. The van der Waals surface area contributed by atoms with Crippen LogP contribution in [-0.2, 0) is 19.6 Å². The molecule has 6 heteroatoms. The molecule has 0 spiro atoms. The fraction of sp³-hybridized carbons (Fsp3) is 0.438. The largest absolute Gasteiger partial charge is 0.466 e. The molecule has 1 aromatic rings.